The van der Waals surface area contributed by atoms with Crippen molar-refractivity contribution in [2.24, 2.45) is 17.1 Å². The highest BCUT2D eigenvalue weighted by Gasteiger charge is 2.48. The maximum Gasteiger partial charge on any atom is 0.246 e. The van der Waals surface area contributed by atoms with Crippen LogP contribution in [0.5, 0.6) is 0 Å². The summed E-state index contributed by atoms with van der Waals surface area (Å²) < 4.78 is 28.0. The van der Waals surface area contributed by atoms with Crippen LogP contribution in [0, 0.1) is 23.0 Å². The summed E-state index contributed by atoms with van der Waals surface area (Å²) in [5, 5.41) is 17.2. The molecule has 0 fully saturated rings. The van der Waals surface area contributed by atoms with Gasteiger partial charge in [0.15, 0.2) is 0 Å². The molecule has 3 rings (SSSR count). The molecule has 0 bridgehead atoms. The number of allylic oxidation sites excluding steroid dienone is 2. The fraction of sp³-hybridized carbons (Fsp3) is 0.379. The maximum atomic E-state index is 14.0. The quantitative estimate of drug-likeness (QED) is 0.372. The Morgan fingerprint density at radius 2 is 1.78 bits per heavy atom. The zero-order valence-electron chi connectivity index (χ0n) is 21.5. The van der Waals surface area contributed by atoms with Crippen molar-refractivity contribution in [3.05, 3.63) is 94.1 Å². The number of amides is 2. The van der Waals surface area contributed by atoms with Gasteiger partial charge in [0.2, 0.25) is 11.8 Å². The number of nitrogens with two attached hydrogens (primary N) is 1. The Bertz CT molecular complexity index is 1190. The normalized spacial score (nSPS) is 19.0. The summed E-state index contributed by atoms with van der Waals surface area (Å²) in [6.07, 6.45) is 3.03. The van der Waals surface area contributed by atoms with Crippen LogP contribution in [-0.4, -0.2) is 36.6 Å². The number of rotatable bonds is 11. The van der Waals surface area contributed by atoms with Crippen molar-refractivity contribution in [3.8, 4) is 0 Å². The molecule has 1 aliphatic rings. The fourth-order valence-electron chi connectivity index (χ4n) is 5.14. The van der Waals surface area contributed by atoms with Gasteiger partial charge in [0, 0.05) is 37.7 Å². The number of aliphatic hydroxyl groups excluding tert-OH is 1. The number of likely N-dealkylation sites (N-methyl/N-ethyl adjacent to an activating group) is 1. The Hall–Kier alpha value is -3.36. The number of halogens is 2. The number of hydrogen-bond donors (Lipinski definition) is 4. The van der Waals surface area contributed by atoms with Crippen molar-refractivity contribution in [1.29, 1.82) is 0 Å². The summed E-state index contributed by atoms with van der Waals surface area (Å²) in [6.45, 7) is 4.39. The van der Waals surface area contributed by atoms with E-state index < -0.39 is 35.0 Å². The second kappa shape index (κ2) is 12.3. The molecule has 0 radical (unpaired) electrons. The second-order valence-electron chi connectivity index (χ2n) is 9.68. The number of carbonyl (C=O) groups excluding carboxylic acids is 2. The Morgan fingerprint density at radius 1 is 1.11 bits per heavy atom. The Balaban J connectivity index is 1.94. The summed E-state index contributed by atoms with van der Waals surface area (Å²) in [4.78, 5) is 25.6. The monoisotopic (exact) mass is 511 g/mol. The molecule has 0 aliphatic heterocycles. The lowest BCUT2D eigenvalue weighted by Crippen LogP contribution is -2.51. The lowest BCUT2D eigenvalue weighted by molar-refractivity contribution is -0.131. The van der Waals surface area contributed by atoms with E-state index >= 15 is 0 Å². The number of carbonyl (C=O) groups is 2. The molecule has 2 aromatic carbocycles. The molecule has 0 saturated carbocycles. The van der Waals surface area contributed by atoms with Crippen molar-refractivity contribution in [3.63, 3.8) is 0 Å². The van der Waals surface area contributed by atoms with Crippen LogP contribution in [0.25, 0.3) is 0 Å². The van der Waals surface area contributed by atoms with Gasteiger partial charge in [0.1, 0.15) is 11.6 Å². The zero-order valence-corrected chi connectivity index (χ0v) is 21.5. The Morgan fingerprint density at radius 3 is 2.41 bits per heavy atom. The minimum atomic E-state index is -1.45. The first kappa shape index (κ1) is 28.2. The van der Waals surface area contributed by atoms with Gasteiger partial charge in [-0.1, -0.05) is 48.9 Å². The molecule has 198 valence electrons. The third kappa shape index (κ3) is 6.90. The average molecular weight is 512 g/mol. The first-order chi connectivity index (χ1) is 17.6. The summed E-state index contributed by atoms with van der Waals surface area (Å²) >= 11 is 0. The molecule has 3 atom stereocenters. The molecule has 1 aliphatic carbocycles. The minimum Gasteiger partial charge on any atom is -0.391 e. The van der Waals surface area contributed by atoms with Crippen LogP contribution in [0.1, 0.15) is 37.0 Å². The average Bonchev–Trinajstić information content (AvgIpc) is 2.85. The van der Waals surface area contributed by atoms with Gasteiger partial charge in [-0.05, 0) is 55.0 Å². The molecule has 1 unspecified atom stereocenters. The van der Waals surface area contributed by atoms with Gasteiger partial charge >= 0.3 is 0 Å². The summed E-state index contributed by atoms with van der Waals surface area (Å²) in [6, 6.07) is 11.2. The Labute approximate surface area is 216 Å². The van der Waals surface area contributed by atoms with E-state index in [0.29, 0.717) is 17.7 Å². The van der Waals surface area contributed by atoms with Gasteiger partial charge < -0.3 is 21.5 Å². The van der Waals surface area contributed by atoms with Gasteiger partial charge in [-0.15, -0.1) is 0 Å². The summed E-state index contributed by atoms with van der Waals surface area (Å²) in [7, 11) is 1.49. The minimum absolute atomic E-state index is 0.0312. The van der Waals surface area contributed by atoms with Gasteiger partial charge in [0.25, 0.3) is 0 Å². The van der Waals surface area contributed by atoms with Crippen LogP contribution >= 0.6 is 0 Å². The molecule has 0 aromatic heterocycles. The number of nitrogens with one attached hydrogen (secondary N) is 2. The van der Waals surface area contributed by atoms with Crippen molar-refractivity contribution in [1.82, 2.24) is 10.6 Å². The molecular weight excluding hydrogens is 476 g/mol. The molecule has 2 aromatic rings. The lowest BCUT2D eigenvalue weighted by atomic mass is 9.63. The van der Waals surface area contributed by atoms with Crippen LogP contribution in [0.2, 0.25) is 0 Å². The van der Waals surface area contributed by atoms with E-state index in [0.717, 1.165) is 18.1 Å². The van der Waals surface area contributed by atoms with E-state index in [4.69, 9.17) is 5.73 Å². The molecule has 0 spiro atoms. The maximum absolute atomic E-state index is 14.0. The van der Waals surface area contributed by atoms with E-state index in [1.54, 1.807) is 19.1 Å². The topological polar surface area (TPSA) is 104 Å². The van der Waals surface area contributed by atoms with Crippen LogP contribution in [0.4, 0.5) is 8.78 Å². The molecule has 6 nitrogen and oxygen atoms in total. The standard InChI is InChI=1S/C29H35F2N3O3/c1-4-19-6-5-7-20(9-19)16-34-17-26(35)25(12-21-10-23(30)13-24(31)11-21)29(28(32)37)14-18(2)8-22(15-29)27(36)33-3/h5-11,13-14,25-26,34-35H,4,12,15-17H2,1-3H3,(H2,32,37)(H,33,36)/t25-,26+,29?/m1/s1. The Kier molecular flexibility index (Phi) is 9.34. The van der Waals surface area contributed by atoms with Crippen molar-refractivity contribution in [2.75, 3.05) is 13.6 Å². The van der Waals surface area contributed by atoms with Gasteiger partial charge in [0.05, 0.1) is 11.5 Å². The van der Waals surface area contributed by atoms with E-state index in [-0.39, 0.29) is 30.9 Å². The first-order valence-electron chi connectivity index (χ1n) is 12.4. The molecule has 2 amide bonds. The summed E-state index contributed by atoms with van der Waals surface area (Å²) in [5.41, 5.74) is 7.98. The van der Waals surface area contributed by atoms with E-state index in [1.165, 1.54) is 24.7 Å². The molecule has 0 saturated heterocycles. The van der Waals surface area contributed by atoms with Crippen LogP contribution < -0.4 is 16.4 Å². The predicted octanol–water partition coefficient (Wildman–Crippen LogP) is 3.33. The van der Waals surface area contributed by atoms with Crippen molar-refractivity contribution >= 4 is 11.8 Å². The second-order valence-corrected chi connectivity index (χ2v) is 9.68. The van der Waals surface area contributed by atoms with Crippen LogP contribution in [-0.2, 0) is 29.0 Å². The fourth-order valence-corrected chi connectivity index (χ4v) is 5.14. The highest BCUT2D eigenvalue weighted by molar-refractivity contribution is 5.96. The zero-order chi connectivity index (χ0) is 27.2. The van der Waals surface area contributed by atoms with Gasteiger partial charge in [-0.25, -0.2) is 8.78 Å². The van der Waals surface area contributed by atoms with Gasteiger partial charge in [-0.3, -0.25) is 9.59 Å². The predicted molar refractivity (Wildman–Crippen MR) is 139 cm³/mol. The van der Waals surface area contributed by atoms with E-state index in [9.17, 15) is 23.5 Å². The first-order valence-corrected chi connectivity index (χ1v) is 12.4. The number of aliphatic hydroxyl groups is 1. The van der Waals surface area contributed by atoms with E-state index in [2.05, 4.69) is 23.6 Å². The van der Waals surface area contributed by atoms with Crippen LogP contribution in [0.3, 0.4) is 0 Å². The highest BCUT2D eigenvalue weighted by Crippen LogP contribution is 2.44. The molecule has 0 heterocycles. The molecular formula is C29H35F2N3O3. The number of aryl methyl sites for hydroxylation is 1. The van der Waals surface area contributed by atoms with Crippen molar-refractivity contribution in [2.45, 2.75) is 45.8 Å². The number of benzene rings is 2. The molecule has 37 heavy (non-hydrogen) atoms. The number of hydrogen-bond acceptors (Lipinski definition) is 4. The molecule has 8 heteroatoms. The number of primary amides is 1. The highest BCUT2D eigenvalue weighted by atomic mass is 19.1. The third-order valence-electron chi connectivity index (χ3n) is 6.93. The van der Waals surface area contributed by atoms with E-state index in [1.807, 2.05) is 18.2 Å². The largest absolute Gasteiger partial charge is 0.391 e. The SMILES string of the molecule is CCc1cccc(CNC[C@H](O)[C@@H](Cc2cc(F)cc(F)c2)C2(C(N)=O)C=C(C)C=C(C(=O)NC)C2)c1. The van der Waals surface area contributed by atoms with Crippen molar-refractivity contribution < 1.29 is 23.5 Å². The van der Waals surface area contributed by atoms with Crippen LogP contribution in [0.15, 0.2) is 65.8 Å². The van der Waals surface area contributed by atoms with Gasteiger partial charge in [-0.2, -0.15) is 0 Å². The molecule has 5 N–H and O–H groups in total. The summed E-state index contributed by atoms with van der Waals surface area (Å²) in [5.74, 6) is -3.47. The lowest BCUT2D eigenvalue weighted by Gasteiger charge is -2.41. The third-order valence-corrected chi connectivity index (χ3v) is 6.93. The smallest absolute Gasteiger partial charge is 0.246 e.